The van der Waals surface area contributed by atoms with Crippen molar-refractivity contribution in [1.29, 1.82) is 0 Å². The summed E-state index contributed by atoms with van der Waals surface area (Å²) in [6.07, 6.45) is 3.44. The summed E-state index contributed by atoms with van der Waals surface area (Å²) in [5.41, 5.74) is 6.69. The Morgan fingerprint density at radius 2 is 2.10 bits per heavy atom. The fourth-order valence-electron chi connectivity index (χ4n) is 3.09. The van der Waals surface area contributed by atoms with Gasteiger partial charge >= 0.3 is 0 Å². The van der Waals surface area contributed by atoms with Crippen LogP contribution in [0, 0.1) is 0 Å². The normalized spacial score (nSPS) is 11.7. The molecule has 2 amide bonds. The van der Waals surface area contributed by atoms with Crippen LogP contribution in [0.15, 0.2) is 42.7 Å². The van der Waals surface area contributed by atoms with Crippen molar-refractivity contribution in [1.82, 2.24) is 19.7 Å². The summed E-state index contributed by atoms with van der Waals surface area (Å²) in [5, 5.41) is 19.8. The number of anilines is 1. The highest BCUT2D eigenvalue weighted by Gasteiger charge is 2.22. The minimum Gasteiger partial charge on any atom is -0.389 e. The van der Waals surface area contributed by atoms with Crippen molar-refractivity contribution in [2.75, 3.05) is 5.32 Å². The molecule has 1 aromatic carbocycles. The van der Waals surface area contributed by atoms with Gasteiger partial charge in [-0.25, -0.2) is 4.98 Å². The standard InChI is InChI=1S/C20H20N6O3S/c1-20(2,29)10-26-14-4-3-11(17(21)27)7-13(14)24-19(26)25-18(28)16-6-5-15(30-16)12-8-22-23-9-12/h3-9,29H,10H2,1-2H3,(H2,21,27)(H,22,23)(H,24,25,28). The van der Waals surface area contributed by atoms with E-state index in [4.69, 9.17) is 5.73 Å². The van der Waals surface area contributed by atoms with Crippen molar-refractivity contribution in [2.24, 2.45) is 5.73 Å². The smallest absolute Gasteiger partial charge is 0.268 e. The molecule has 0 aliphatic rings. The van der Waals surface area contributed by atoms with Crippen molar-refractivity contribution in [3.05, 3.63) is 53.2 Å². The van der Waals surface area contributed by atoms with Gasteiger partial charge in [-0.15, -0.1) is 11.3 Å². The average molecular weight is 424 g/mol. The number of carbonyl (C=O) groups is 2. The van der Waals surface area contributed by atoms with E-state index in [1.807, 2.05) is 6.07 Å². The van der Waals surface area contributed by atoms with Crippen LogP contribution in [0.4, 0.5) is 5.95 Å². The molecule has 4 rings (SSSR count). The van der Waals surface area contributed by atoms with Crippen LogP contribution in [0.1, 0.15) is 33.9 Å². The molecule has 0 fully saturated rings. The molecule has 5 N–H and O–H groups in total. The van der Waals surface area contributed by atoms with Gasteiger partial charge in [-0.1, -0.05) is 0 Å². The minimum absolute atomic E-state index is 0.194. The molecule has 3 heterocycles. The van der Waals surface area contributed by atoms with E-state index in [2.05, 4.69) is 20.5 Å². The van der Waals surface area contributed by atoms with Crippen LogP contribution in [0.5, 0.6) is 0 Å². The largest absolute Gasteiger partial charge is 0.389 e. The predicted octanol–water partition coefficient (Wildman–Crippen LogP) is 2.61. The SMILES string of the molecule is CC(C)(O)Cn1c(NC(=O)c2ccc(-c3cn[nH]c3)s2)nc2cc(C(N)=O)ccc21. The van der Waals surface area contributed by atoms with E-state index in [0.29, 0.717) is 21.5 Å². The van der Waals surface area contributed by atoms with Gasteiger partial charge in [-0.2, -0.15) is 5.10 Å². The zero-order chi connectivity index (χ0) is 21.5. The van der Waals surface area contributed by atoms with Crippen LogP contribution in [0.2, 0.25) is 0 Å². The van der Waals surface area contributed by atoms with Crippen LogP contribution in [0.25, 0.3) is 21.5 Å². The molecule has 0 saturated heterocycles. The lowest BCUT2D eigenvalue weighted by Crippen LogP contribution is -2.27. The Morgan fingerprint density at radius 1 is 1.30 bits per heavy atom. The van der Waals surface area contributed by atoms with Crippen molar-refractivity contribution in [3.63, 3.8) is 0 Å². The summed E-state index contributed by atoms with van der Waals surface area (Å²) in [5.74, 6) is -0.612. The molecule has 4 aromatic rings. The molecular formula is C20H20N6O3S. The Kier molecular flexibility index (Phi) is 4.88. The van der Waals surface area contributed by atoms with E-state index >= 15 is 0 Å². The number of imidazole rings is 1. The molecule has 0 atom stereocenters. The van der Waals surface area contributed by atoms with Crippen LogP contribution >= 0.6 is 11.3 Å². The first-order valence-corrected chi connectivity index (χ1v) is 9.96. The average Bonchev–Trinajstić information content (AvgIpc) is 3.40. The second-order valence-corrected chi connectivity index (χ2v) is 8.59. The number of nitrogens with zero attached hydrogens (tertiary/aromatic N) is 3. The van der Waals surface area contributed by atoms with E-state index < -0.39 is 11.5 Å². The topological polar surface area (TPSA) is 139 Å². The fourth-order valence-corrected chi connectivity index (χ4v) is 3.97. The number of thiophene rings is 1. The summed E-state index contributed by atoms with van der Waals surface area (Å²) < 4.78 is 1.71. The Hall–Kier alpha value is -3.50. The van der Waals surface area contributed by atoms with Crippen molar-refractivity contribution < 1.29 is 14.7 Å². The second-order valence-electron chi connectivity index (χ2n) is 7.51. The molecule has 154 valence electrons. The first kappa shape index (κ1) is 19.8. The third kappa shape index (κ3) is 3.95. The number of aromatic nitrogens is 4. The van der Waals surface area contributed by atoms with Gasteiger partial charge in [-0.3, -0.25) is 20.0 Å². The number of nitrogens with two attached hydrogens (primary N) is 1. The first-order chi connectivity index (χ1) is 14.2. The van der Waals surface area contributed by atoms with Crippen LogP contribution in [0.3, 0.4) is 0 Å². The number of amides is 2. The van der Waals surface area contributed by atoms with E-state index in [-0.39, 0.29) is 18.4 Å². The molecule has 0 bridgehead atoms. The number of carbonyl (C=O) groups excluding carboxylic acids is 2. The number of primary amides is 1. The van der Waals surface area contributed by atoms with Crippen LogP contribution in [-0.2, 0) is 6.54 Å². The lowest BCUT2D eigenvalue weighted by molar-refractivity contribution is 0.0630. The van der Waals surface area contributed by atoms with Gasteiger partial charge in [0.15, 0.2) is 0 Å². The maximum absolute atomic E-state index is 12.9. The van der Waals surface area contributed by atoms with E-state index in [9.17, 15) is 14.7 Å². The Labute approximate surface area is 175 Å². The van der Waals surface area contributed by atoms with Crippen LogP contribution < -0.4 is 11.1 Å². The molecule has 0 unspecified atom stereocenters. The summed E-state index contributed by atoms with van der Waals surface area (Å²) >= 11 is 1.33. The number of aromatic amines is 1. The Morgan fingerprint density at radius 3 is 2.77 bits per heavy atom. The van der Waals surface area contributed by atoms with E-state index in [1.165, 1.54) is 11.3 Å². The van der Waals surface area contributed by atoms with Crippen molar-refractivity contribution in [3.8, 4) is 10.4 Å². The Bertz CT molecular complexity index is 1230. The number of fused-ring (bicyclic) bond motifs is 1. The second kappa shape index (κ2) is 7.39. The highest BCUT2D eigenvalue weighted by atomic mass is 32.1. The van der Waals surface area contributed by atoms with Gasteiger partial charge in [0, 0.05) is 22.2 Å². The zero-order valence-corrected chi connectivity index (χ0v) is 17.2. The number of hydrogen-bond acceptors (Lipinski definition) is 6. The lowest BCUT2D eigenvalue weighted by atomic mass is 10.1. The number of hydrogen-bond donors (Lipinski definition) is 4. The van der Waals surface area contributed by atoms with E-state index in [0.717, 1.165) is 10.4 Å². The molecule has 0 aliphatic carbocycles. The molecule has 0 spiro atoms. The zero-order valence-electron chi connectivity index (χ0n) is 16.3. The summed E-state index contributed by atoms with van der Waals surface area (Å²) in [6, 6.07) is 8.44. The summed E-state index contributed by atoms with van der Waals surface area (Å²) in [7, 11) is 0. The fraction of sp³-hybridized carbons (Fsp3) is 0.200. The third-order valence-corrected chi connectivity index (χ3v) is 5.55. The van der Waals surface area contributed by atoms with Gasteiger partial charge in [0.25, 0.3) is 5.91 Å². The predicted molar refractivity (Wildman–Crippen MR) is 114 cm³/mol. The summed E-state index contributed by atoms with van der Waals surface area (Å²) in [4.78, 5) is 30.2. The van der Waals surface area contributed by atoms with Gasteiger partial charge in [0.05, 0.1) is 34.3 Å². The molecule has 10 heteroatoms. The molecule has 30 heavy (non-hydrogen) atoms. The Balaban J connectivity index is 1.69. The van der Waals surface area contributed by atoms with Gasteiger partial charge < -0.3 is 15.4 Å². The number of rotatable bonds is 6. The van der Waals surface area contributed by atoms with Crippen molar-refractivity contribution in [2.45, 2.75) is 26.0 Å². The molecule has 0 saturated carbocycles. The molecule has 3 aromatic heterocycles. The quantitative estimate of drug-likeness (QED) is 0.377. The highest BCUT2D eigenvalue weighted by molar-refractivity contribution is 7.17. The highest BCUT2D eigenvalue weighted by Crippen LogP contribution is 2.29. The minimum atomic E-state index is -1.05. The summed E-state index contributed by atoms with van der Waals surface area (Å²) in [6.45, 7) is 3.52. The number of H-pyrrole nitrogens is 1. The van der Waals surface area contributed by atoms with Gasteiger partial charge in [0.2, 0.25) is 11.9 Å². The third-order valence-electron chi connectivity index (χ3n) is 4.42. The van der Waals surface area contributed by atoms with Gasteiger partial charge in [0.1, 0.15) is 0 Å². The molecule has 0 aliphatic heterocycles. The van der Waals surface area contributed by atoms with E-state index in [1.54, 1.807) is 55.1 Å². The number of benzene rings is 1. The van der Waals surface area contributed by atoms with Crippen LogP contribution in [-0.4, -0.2) is 42.3 Å². The molecular weight excluding hydrogens is 404 g/mol. The van der Waals surface area contributed by atoms with Gasteiger partial charge in [-0.05, 0) is 44.2 Å². The first-order valence-electron chi connectivity index (χ1n) is 9.14. The monoisotopic (exact) mass is 424 g/mol. The number of aliphatic hydroxyl groups is 1. The van der Waals surface area contributed by atoms with Crippen molar-refractivity contribution >= 4 is 40.1 Å². The maximum atomic E-state index is 12.9. The maximum Gasteiger partial charge on any atom is 0.268 e. The number of nitrogens with one attached hydrogen (secondary N) is 2. The molecule has 0 radical (unpaired) electrons. The molecule has 9 nitrogen and oxygen atoms in total. The lowest BCUT2D eigenvalue weighted by Gasteiger charge is -2.20.